The van der Waals surface area contributed by atoms with Crippen molar-refractivity contribution < 1.29 is 4.79 Å². The van der Waals surface area contributed by atoms with E-state index in [0.29, 0.717) is 6.54 Å². The van der Waals surface area contributed by atoms with Crippen LogP contribution in [0, 0.1) is 0 Å². The summed E-state index contributed by atoms with van der Waals surface area (Å²) >= 11 is 0. The SMILES string of the molecule is Br.NC1c2ccccc2CN1CC(=O)c1ccccc1. The Bertz CT molecular complexity index is 600. The maximum atomic E-state index is 12.2. The number of Topliss-reactive ketones (excluding diaryl/α,β-unsaturated/α-hetero) is 1. The molecule has 4 heteroatoms. The van der Waals surface area contributed by atoms with Crippen molar-refractivity contribution >= 4 is 22.8 Å². The molecule has 20 heavy (non-hydrogen) atoms. The molecule has 2 aromatic carbocycles. The molecule has 1 aliphatic rings. The highest BCUT2D eigenvalue weighted by atomic mass is 79.9. The summed E-state index contributed by atoms with van der Waals surface area (Å²) in [6, 6.07) is 17.5. The second kappa shape index (κ2) is 6.31. The monoisotopic (exact) mass is 332 g/mol. The van der Waals surface area contributed by atoms with E-state index in [1.165, 1.54) is 5.56 Å². The standard InChI is InChI=1S/C16H16N2O.BrH/c17-16-14-9-5-4-8-13(14)10-18(16)11-15(19)12-6-2-1-3-7-12;/h1-9,16H,10-11,17H2;1H. The molecule has 2 N–H and O–H groups in total. The van der Waals surface area contributed by atoms with Crippen molar-refractivity contribution in [2.24, 2.45) is 5.73 Å². The Morgan fingerprint density at radius 3 is 2.45 bits per heavy atom. The highest BCUT2D eigenvalue weighted by molar-refractivity contribution is 8.93. The van der Waals surface area contributed by atoms with Crippen LogP contribution in [0.4, 0.5) is 0 Å². The molecular formula is C16H17BrN2O. The molecule has 104 valence electrons. The normalized spacial score (nSPS) is 17.4. The molecule has 0 aromatic heterocycles. The van der Waals surface area contributed by atoms with Crippen LogP contribution in [0.15, 0.2) is 54.6 Å². The van der Waals surface area contributed by atoms with E-state index in [2.05, 4.69) is 6.07 Å². The zero-order valence-electron chi connectivity index (χ0n) is 11.0. The Morgan fingerprint density at radius 2 is 1.75 bits per heavy atom. The van der Waals surface area contributed by atoms with Gasteiger partial charge in [0.25, 0.3) is 0 Å². The number of benzene rings is 2. The van der Waals surface area contributed by atoms with Crippen LogP contribution in [0.1, 0.15) is 27.7 Å². The predicted octanol–water partition coefficient (Wildman–Crippen LogP) is 2.92. The van der Waals surface area contributed by atoms with Gasteiger partial charge in [0.1, 0.15) is 0 Å². The Labute approximate surface area is 129 Å². The van der Waals surface area contributed by atoms with E-state index >= 15 is 0 Å². The van der Waals surface area contributed by atoms with Gasteiger partial charge < -0.3 is 5.73 Å². The molecule has 0 radical (unpaired) electrons. The van der Waals surface area contributed by atoms with E-state index in [1.54, 1.807) is 0 Å². The van der Waals surface area contributed by atoms with Crippen molar-refractivity contribution in [3.05, 3.63) is 71.3 Å². The molecule has 0 spiro atoms. The molecule has 0 bridgehead atoms. The molecule has 0 fully saturated rings. The van der Waals surface area contributed by atoms with Gasteiger partial charge in [-0.2, -0.15) is 0 Å². The number of rotatable bonds is 3. The van der Waals surface area contributed by atoms with Crippen LogP contribution in [0.25, 0.3) is 0 Å². The molecule has 3 nitrogen and oxygen atoms in total. The topological polar surface area (TPSA) is 46.3 Å². The first-order valence-corrected chi connectivity index (χ1v) is 6.41. The lowest BCUT2D eigenvalue weighted by atomic mass is 10.1. The minimum Gasteiger partial charge on any atom is -0.312 e. The van der Waals surface area contributed by atoms with Crippen molar-refractivity contribution in [1.29, 1.82) is 0 Å². The van der Waals surface area contributed by atoms with Crippen LogP contribution >= 0.6 is 17.0 Å². The van der Waals surface area contributed by atoms with E-state index in [9.17, 15) is 4.79 Å². The lowest BCUT2D eigenvalue weighted by molar-refractivity contribution is 0.0902. The number of fused-ring (bicyclic) bond motifs is 1. The van der Waals surface area contributed by atoms with Crippen molar-refractivity contribution in [2.75, 3.05) is 6.54 Å². The third kappa shape index (κ3) is 2.82. The molecule has 1 heterocycles. The lowest BCUT2D eigenvalue weighted by Crippen LogP contribution is -2.33. The fraction of sp³-hybridized carbons (Fsp3) is 0.188. The number of carbonyl (C=O) groups is 1. The van der Waals surface area contributed by atoms with Crippen LogP contribution in [-0.4, -0.2) is 17.2 Å². The summed E-state index contributed by atoms with van der Waals surface area (Å²) in [6.07, 6.45) is -0.177. The summed E-state index contributed by atoms with van der Waals surface area (Å²) in [7, 11) is 0. The molecular weight excluding hydrogens is 316 g/mol. The van der Waals surface area contributed by atoms with Gasteiger partial charge in [0.2, 0.25) is 0 Å². The van der Waals surface area contributed by atoms with Gasteiger partial charge in [0.15, 0.2) is 5.78 Å². The van der Waals surface area contributed by atoms with E-state index in [-0.39, 0.29) is 28.9 Å². The fourth-order valence-corrected chi connectivity index (χ4v) is 2.53. The zero-order chi connectivity index (χ0) is 13.2. The van der Waals surface area contributed by atoms with Gasteiger partial charge in [-0.25, -0.2) is 0 Å². The first kappa shape index (κ1) is 14.9. The van der Waals surface area contributed by atoms with Gasteiger partial charge in [-0.15, -0.1) is 17.0 Å². The van der Waals surface area contributed by atoms with Crippen LogP contribution in [-0.2, 0) is 6.54 Å². The van der Waals surface area contributed by atoms with Gasteiger partial charge in [0.05, 0.1) is 12.7 Å². The highest BCUT2D eigenvalue weighted by Gasteiger charge is 2.28. The number of halogens is 1. The molecule has 0 saturated heterocycles. The Balaban J connectivity index is 0.00000147. The number of hydrogen-bond donors (Lipinski definition) is 1. The maximum absolute atomic E-state index is 12.2. The molecule has 2 aromatic rings. The Kier molecular flexibility index (Phi) is 4.70. The number of hydrogen-bond acceptors (Lipinski definition) is 3. The first-order valence-electron chi connectivity index (χ1n) is 6.41. The summed E-state index contributed by atoms with van der Waals surface area (Å²) in [5, 5.41) is 0. The number of carbonyl (C=O) groups excluding carboxylic acids is 1. The zero-order valence-corrected chi connectivity index (χ0v) is 12.7. The number of nitrogens with zero attached hydrogens (tertiary/aromatic N) is 1. The van der Waals surface area contributed by atoms with Crippen LogP contribution in [0.5, 0.6) is 0 Å². The van der Waals surface area contributed by atoms with E-state index in [0.717, 1.165) is 17.7 Å². The summed E-state index contributed by atoms with van der Waals surface area (Å²) in [5.41, 5.74) is 9.28. The second-order valence-corrected chi connectivity index (χ2v) is 4.84. The molecule has 0 amide bonds. The molecule has 1 aliphatic heterocycles. The Morgan fingerprint density at radius 1 is 1.10 bits per heavy atom. The number of nitrogens with two attached hydrogens (primary N) is 1. The summed E-state index contributed by atoms with van der Waals surface area (Å²) in [4.78, 5) is 14.2. The average Bonchev–Trinajstić information content (AvgIpc) is 2.77. The molecule has 3 rings (SSSR count). The smallest absolute Gasteiger partial charge is 0.176 e. The summed E-state index contributed by atoms with van der Waals surface area (Å²) in [5.74, 6) is 0.115. The molecule has 0 aliphatic carbocycles. The lowest BCUT2D eigenvalue weighted by Gasteiger charge is -2.20. The van der Waals surface area contributed by atoms with Gasteiger partial charge in [-0.3, -0.25) is 9.69 Å². The van der Waals surface area contributed by atoms with Crippen LogP contribution in [0.3, 0.4) is 0 Å². The largest absolute Gasteiger partial charge is 0.312 e. The van der Waals surface area contributed by atoms with E-state index in [1.807, 2.05) is 53.4 Å². The molecule has 1 atom stereocenters. The minimum atomic E-state index is -0.177. The first-order chi connectivity index (χ1) is 9.25. The Hall–Kier alpha value is -1.49. The fourth-order valence-electron chi connectivity index (χ4n) is 2.53. The number of ketones is 1. The van der Waals surface area contributed by atoms with Crippen molar-refractivity contribution in [3.63, 3.8) is 0 Å². The second-order valence-electron chi connectivity index (χ2n) is 4.84. The predicted molar refractivity (Wildman–Crippen MR) is 84.9 cm³/mol. The van der Waals surface area contributed by atoms with Crippen molar-refractivity contribution in [1.82, 2.24) is 4.90 Å². The highest BCUT2D eigenvalue weighted by Crippen LogP contribution is 2.29. The minimum absolute atomic E-state index is 0. The summed E-state index contributed by atoms with van der Waals surface area (Å²) < 4.78 is 0. The van der Waals surface area contributed by atoms with Crippen molar-refractivity contribution in [3.8, 4) is 0 Å². The third-order valence-electron chi connectivity index (χ3n) is 3.58. The quantitative estimate of drug-likeness (QED) is 0.879. The molecule has 0 saturated carbocycles. The van der Waals surface area contributed by atoms with Crippen molar-refractivity contribution in [2.45, 2.75) is 12.7 Å². The third-order valence-corrected chi connectivity index (χ3v) is 3.58. The van der Waals surface area contributed by atoms with Crippen LogP contribution in [0.2, 0.25) is 0 Å². The average molecular weight is 333 g/mol. The van der Waals surface area contributed by atoms with Gasteiger partial charge in [-0.1, -0.05) is 54.6 Å². The maximum Gasteiger partial charge on any atom is 0.176 e. The molecule has 1 unspecified atom stereocenters. The van der Waals surface area contributed by atoms with Crippen LogP contribution < -0.4 is 5.73 Å². The van der Waals surface area contributed by atoms with Gasteiger partial charge in [-0.05, 0) is 11.1 Å². The van der Waals surface area contributed by atoms with E-state index in [4.69, 9.17) is 5.73 Å². The summed E-state index contributed by atoms with van der Waals surface area (Å²) in [6.45, 7) is 1.11. The van der Waals surface area contributed by atoms with Gasteiger partial charge >= 0.3 is 0 Å². The van der Waals surface area contributed by atoms with E-state index < -0.39 is 0 Å². The van der Waals surface area contributed by atoms with Gasteiger partial charge in [0, 0.05) is 12.1 Å².